The minimum absolute atomic E-state index is 0.111. The second-order valence-corrected chi connectivity index (χ2v) is 12.3. The van der Waals surface area contributed by atoms with Gasteiger partial charge in [0.15, 0.2) is 0 Å². The van der Waals surface area contributed by atoms with E-state index in [9.17, 15) is 9.59 Å². The Morgan fingerprint density at radius 2 is 1.51 bits per heavy atom. The van der Waals surface area contributed by atoms with E-state index in [1.807, 2.05) is 54.5 Å². The van der Waals surface area contributed by atoms with Crippen LogP contribution in [0.15, 0.2) is 84.4 Å². The van der Waals surface area contributed by atoms with E-state index in [0.29, 0.717) is 18.6 Å². The van der Waals surface area contributed by atoms with Crippen molar-refractivity contribution in [2.45, 2.75) is 104 Å². The number of hydrogen-bond acceptors (Lipinski definition) is 6. The maximum absolute atomic E-state index is 11.7. The van der Waals surface area contributed by atoms with Gasteiger partial charge >= 0.3 is 11.9 Å². The van der Waals surface area contributed by atoms with Crippen LogP contribution in [0.3, 0.4) is 0 Å². The normalized spacial score (nSPS) is 19.6. The molecule has 0 fully saturated rings. The molecule has 6 heteroatoms. The molecule has 39 heavy (non-hydrogen) atoms. The zero-order valence-corrected chi connectivity index (χ0v) is 25.1. The van der Waals surface area contributed by atoms with Gasteiger partial charge in [0.2, 0.25) is 0 Å². The van der Waals surface area contributed by atoms with Crippen molar-refractivity contribution in [3.05, 3.63) is 84.4 Å². The van der Waals surface area contributed by atoms with Gasteiger partial charge in [-0.3, -0.25) is 0 Å². The summed E-state index contributed by atoms with van der Waals surface area (Å²) in [4.78, 5) is 23.3. The van der Waals surface area contributed by atoms with E-state index in [-0.39, 0.29) is 12.0 Å². The quantitative estimate of drug-likeness (QED) is 0.137. The largest absolute Gasteiger partial charge is 0.495 e. The third-order valence-electron chi connectivity index (χ3n) is 6.73. The van der Waals surface area contributed by atoms with Gasteiger partial charge in [0.1, 0.15) is 22.6 Å². The lowest BCUT2D eigenvalue weighted by molar-refractivity contribution is -0.155. The number of ether oxygens (including phenoxy) is 4. The van der Waals surface area contributed by atoms with Gasteiger partial charge in [-0.15, -0.1) is 0 Å². The van der Waals surface area contributed by atoms with E-state index < -0.39 is 28.7 Å². The Labute approximate surface area is 234 Å². The van der Waals surface area contributed by atoms with E-state index in [2.05, 4.69) is 39.3 Å². The number of carbonyl (C=O) groups is 2. The standard InChI is InChI=1S/C33H46O6/c1-13-29(34)38-31(7,8)19-22(4)36-25-15-16-26-23(5)27(24(6)28(26)18-25)17-21(3)37-32(9,10)20-33(11,12)39-30(35)14-2/h13-14,17-18,22,24H,1-3,5,15-16,19-20H2,4,6-12H3/b27-17+. The van der Waals surface area contributed by atoms with Gasteiger partial charge in [-0.2, -0.15) is 0 Å². The van der Waals surface area contributed by atoms with Crippen LogP contribution in [0.5, 0.6) is 0 Å². The first-order chi connectivity index (χ1) is 17.9. The van der Waals surface area contributed by atoms with Gasteiger partial charge in [-0.25, -0.2) is 9.59 Å². The van der Waals surface area contributed by atoms with E-state index in [0.717, 1.165) is 35.8 Å². The minimum atomic E-state index is -0.728. The molecule has 214 valence electrons. The van der Waals surface area contributed by atoms with Crippen molar-refractivity contribution < 1.29 is 28.5 Å². The molecule has 0 aromatic carbocycles. The minimum Gasteiger partial charge on any atom is -0.495 e. The van der Waals surface area contributed by atoms with Crippen LogP contribution in [0, 0.1) is 5.92 Å². The predicted octanol–water partition coefficient (Wildman–Crippen LogP) is 7.60. The highest BCUT2D eigenvalue weighted by Gasteiger charge is 2.35. The molecule has 0 heterocycles. The molecule has 0 amide bonds. The van der Waals surface area contributed by atoms with Crippen LogP contribution in [-0.2, 0) is 28.5 Å². The first kappa shape index (κ1) is 31.9. The second kappa shape index (κ2) is 12.3. The number of hydrogen-bond donors (Lipinski definition) is 0. The highest BCUT2D eigenvalue weighted by molar-refractivity contribution is 5.81. The summed E-state index contributed by atoms with van der Waals surface area (Å²) < 4.78 is 23.4. The van der Waals surface area contributed by atoms with Crippen LogP contribution in [0.4, 0.5) is 0 Å². The molecule has 0 radical (unpaired) electrons. The van der Waals surface area contributed by atoms with Gasteiger partial charge in [0.05, 0.1) is 11.9 Å². The molecular weight excluding hydrogens is 492 g/mol. The summed E-state index contributed by atoms with van der Waals surface area (Å²) in [7, 11) is 0. The first-order valence-electron chi connectivity index (χ1n) is 13.5. The summed E-state index contributed by atoms with van der Waals surface area (Å²) in [6.07, 6.45) is 8.93. The molecule has 0 N–H and O–H groups in total. The van der Waals surface area contributed by atoms with Crippen LogP contribution in [0.2, 0.25) is 0 Å². The molecule has 2 rings (SSSR count). The molecule has 0 saturated carbocycles. The maximum atomic E-state index is 11.7. The van der Waals surface area contributed by atoms with Crippen LogP contribution in [-0.4, -0.2) is 34.8 Å². The molecule has 2 aliphatic carbocycles. The average molecular weight is 539 g/mol. The summed E-state index contributed by atoms with van der Waals surface area (Å²) in [6, 6.07) is 0. The van der Waals surface area contributed by atoms with E-state index in [1.165, 1.54) is 17.2 Å². The summed E-state index contributed by atoms with van der Waals surface area (Å²) in [5.74, 6) is 0.653. The van der Waals surface area contributed by atoms with Crippen molar-refractivity contribution in [1.82, 2.24) is 0 Å². The molecule has 2 unspecified atom stereocenters. The summed E-state index contributed by atoms with van der Waals surface area (Å²) in [5.41, 5.74) is 2.49. The van der Waals surface area contributed by atoms with E-state index >= 15 is 0 Å². The fourth-order valence-corrected chi connectivity index (χ4v) is 5.66. The van der Waals surface area contributed by atoms with Gasteiger partial charge in [-0.1, -0.05) is 33.2 Å². The molecule has 0 aliphatic heterocycles. The van der Waals surface area contributed by atoms with Crippen molar-refractivity contribution in [3.63, 3.8) is 0 Å². The van der Waals surface area contributed by atoms with Crippen molar-refractivity contribution in [2.24, 2.45) is 5.92 Å². The van der Waals surface area contributed by atoms with Gasteiger partial charge in [0.25, 0.3) is 0 Å². The fourth-order valence-electron chi connectivity index (χ4n) is 5.66. The lowest BCUT2D eigenvalue weighted by Gasteiger charge is -2.35. The second-order valence-electron chi connectivity index (χ2n) is 12.3. The molecule has 0 saturated heterocycles. The molecule has 0 aromatic rings. The Kier molecular flexibility index (Phi) is 10.0. The zero-order valence-electron chi connectivity index (χ0n) is 25.1. The van der Waals surface area contributed by atoms with Crippen LogP contribution < -0.4 is 0 Å². The van der Waals surface area contributed by atoms with Crippen LogP contribution in [0.1, 0.15) is 81.1 Å². The fraction of sp³-hybridized carbons (Fsp3) is 0.515. The Bertz CT molecular complexity index is 1120. The van der Waals surface area contributed by atoms with Crippen molar-refractivity contribution in [2.75, 3.05) is 0 Å². The highest BCUT2D eigenvalue weighted by Crippen LogP contribution is 2.46. The van der Waals surface area contributed by atoms with Gasteiger partial charge in [-0.05, 0) is 89.3 Å². The van der Waals surface area contributed by atoms with E-state index in [1.54, 1.807) is 0 Å². The summed E-state index contributed by atoms with van der Waals surface area (Å²) in [6.45, 7) is 30.9. The van der Waals surface area contributed by atoms with E-state index in [4.69, 9.17) is 18.9 Å². The maximum Gasteiger partial charge on any atom is 0.330 e. The van der Waals surface area contributed by atoms with Crippen molar-refractivity contribution in [1.29, 1.82) is 0 Å². The Balaban J connectivity index is 2.09. The smallest absolute Gasteiger partial charge is 0.330 e. The van der Waals surface area contributed by atoms with Crippen LogP contribution in [0.25, 0.3) is 0 Å². The van der Waals surface area contributed by atoms with Gasteiger partial charge < -0.3 is 18.9 Å². The molecule has 2 atom stereocenters. The molecule has 2 aliphatic rings. The van der Waals surface area contributed by atoms with Crippen molar-refractivity contribution >= 4 is 11.9 Å². The Morgan fingerprint density at radius 1 is 0.974 bits per heavy atom. The lowest BCUT2D eigenvalue weighted by atomic mass is 9.91. The monoisotopic (exact) mass is 538 g/mol. The van der Waals surface area contributed by atoms with Gasteiger partial charge in [0, 0.05) is 37.3 Å². The third kappa shape index (κ3) is 9.15. The third-order valence-corrected chi connectivity index (χ3v) is 6.73. The Hall–Kier alpha value is -3.28. The molecule has 6 nitrogen and oxygen atoms in total. The molecule has 0 bridgehead atoms. The first-order valence-corrected chi connectivity index (χ1v) is 13.5. The lowest BCUT2D eigenvalue weighted by Crippen LogP contribution is -2.38. The number of carbonyl (C=O) groups excluding carboxylic acids is 2. The average Bonchev–Trinajstić information content (AvgIpc) is 3.00. The number of allylic oxidation sites excluding steroid dienone is 7. The number of rotatable bonds is 13. The van der Waals surface area contributed by atoms with Crippen LogP contribution >= 0.6 is 0 Å². The summed E-state index contributed by atoms with van der Waals surface area (Å²) >= 11 is 0. The molecule has 0 spiro atoms. The summed E-state index contributed by atoms with van der Waals surface area (Å²) in [5, 5.41) is 0. The SMILES string of the molecule is C=CC(=O)OC(C)(C)CC(C)OC1=CC2=C(CC1)C(=C)/C(=C\C(=C)OC(C)(C)CC(C)(C)OC(=O)C=C)C2C. The molecular formula is C33H46O6. The topological polar surface area (TPSA) is 71.1 Å². The zero-order chi connectivity index (χ0) is 29.8. The highest BCUT2D eigenvalue weighted by atomic mass is 16.6. The predicted molar refractivity (Wildman–Crippen MR) is 156 cm³/mol. The molecule has 0 aromatic heterocycles. The Morgan fingerprint density at radius 3 is 2.08 bits per heavy atom. The van der Waals surface area contributed by atoms with Crippen molar-refractivity contribution in [3.8, 4) is 0 Å². The number of esters is 2.